The van der Waals surface area contributed by atoms with Gasteiger partial charge in [-0.3, -0.25) is 0 Å². The summed E-state index contributed by atoms with van der Waals surface area (Å²) in [7, 11) is 0. The van der Waals surface area contributed by atoms with Crippen LogP contribution < -0.4 is 15.4 Å². The number of halogens is 2. The number of aliphatic imine (C=N–C) groups is 1. The summed E-state index contributed by atoms with van der Waals surface area (Å²) in [5, 5.41) is 7.72. The van der Waals surface area contributed by atoms with E-state index in [9.17, 15) is 4.39 Å². The molecule has 0 saturated heterocycles. The minimum Gasteiger partial charge on any atom is -0.487 e. The SMILES string of the molecule is C[C@H]1COC(Nc2ccc3ncnc(Nc4ccc(OCc5cccc(F)c5)c(Cl)c4)c3c2)=N1. The van der Waals surface area contributed by atoms with E-state index in [0.717, 1.165) is 27.8 Å². The molecular weight excluding hydrogens is 457 g/mol. The van der Waals surface area contributed by atoms with Crippen molar-refractivity contribution in [3.8, 4) is 5.75 Å². The highest BCUT2D eigenvalue weighted by atomic mass is 35.5. The van der Waals surface area contributed by atoms with E-state index in [1.807, 2.05) is 31.2 Å². The number of amidine groups is 1. The Morgan fingerprint density at radius 2 is 1.91 bits per heavy atom. The number of hydrogen-bond acceptors (Lipinski definition) is 7. The first-order valence-corrected chi connectivity index (χ1v) is 11.1. The van der Waals surface area contributed by atoms with Gasteiger partial charge in [-0.2, -0.15) is 0 Å². The molecule has 0 radical (unpaired) electrons. The van der Waals surface area contributed by atoms with Gasteiger partial charge in [0, 0.05) is 16.8 Å². The van der Waals surface area contributed by atoms with Gasteiger partial charge >= 0.3 is 0 Å². The van der Waals surface area contributed by atoms with E-state index in [1.165, 1.54) is 18.5 Å². The lowest BCUT2D eigenvalue weighted by molar-refractivity contribution is 0.306. The Balaban J connectivity index is 1.33. The minimum absolute atomic E-state index is 0.133. The molecule has 0 spiro atoms. The van der Waals surface area contributed by atoms with Crippen LogP contribution in [0.15, 0.2) is 72.0 Å². The maximum Gasteiger partial charge on any atom is 0.289 e. The summed E-state index contributed by atoms with van der Waals surface area (Å²) >= 11 is 6.43. The Labute approximate surface area is 200 Å². The molecule has 1 atom stereocenters. The molecule has 5 rings (SSSR count). The Hall–Kier alpha value is -3.91. The molecular formula is C25H21ClFN5O2. The maximum absolute atomic E-state index is 13.4. The van der Waals surface area contributed by atoms with Gasteiger partial charge in [-0.15, -0.1) is 0 Å². The van der Waals surface area contributed by atoms with E-state index < -0.39 is 0 Å². The average molecular weight is 478 g/mol. The van der Waals surface area contributed by atoms with Gasteiger partial charge in [0.2, 0.25) is 0 Å². The molecule has 1 aliphatic heterocycles. The molecule has 0 fully saturated rings. The number of aromatic nitrogens is 2. The van der Waals surface area contributed by atoms with E-state index in [0.29, 0.717) is 29.2 Å². The molecule has 2 heterocycles. The second kappa shape index (κ2) is 9.52. The summed E-state index contributed by atoms with van der Waals surface area (Å²) in [6.45, 7) is 2.77. The summed E-state index contributed by atoms with van der Waals surface area (Å²) < 4.78 is 24.7. The van der Waals surface area contributed by atoms with Crippen molar-refractivity contribution in [2.45, 2.75) is 19.6 Å². The number of benzene rings is 3. The Morgan fingerprint density at radius 1 is 1.06 bits per heavy atom. The smallest absolute Gasteiger partial charge is 0.289 e. The third kappa shape index (κ3) is 5.02. The van der Waals surface area contributed by atoms with Crippen molar-refractivity contribution in [3.63, 3.8) is 0 Å². The first kappa shape index (κ1) is 21.9. The lowest BCUT2D eigenvalue weighted by atomic mass is 10.2. The molecule has 0 saturated carbocycles. The van der Waals surface area contributed by atoms with Gasteiger partial charge < -0.3 is 20.1 Å². The highest BCUT2D eigenvalue weighted by Gasteiger charge is 2.15. The average Bonchev–Trinajstić information content (AvgIpc) is 3.23. The van der Waals surface area contributed by atoms with Gasteiger partial charge in [-0.05, 0) is 61.0 Å². The number of anilines is 3. The number of hydrogen-bond donors (Lipinski definition) is 2. The van der Waals surface area contributed by atoms with Gasteiger partial charge in [0.1, 0.15) is 36.9 Å². The highest BCUT2D eigenvalue weighted by Crippen LogP contribution is 2.31. The van der Waals surface area contributed by atoms with Crippen molar-refractivity contribution < 1.29 is 13.9 Å². The zero-order chi connectivity index (χ0) is 23.5. The normalized spacial score (nSPS) is 15.0. The molecule has 4 aromatic rings. The van der Waals surface area contributed by atoms with Crippen molar-refractivity contribution in [1.29, 1.82) is 0 Å². The summed E-state index contributed by atoms with van der Waals surface area (Å²) in [5.74, 6) is 0.823. The zero-order valence-electron chi connectivity index (χ0n) is 18.3. The first-order chi connectivity index (χ1) is 16.5. The molecule has 0 amide bonds. The predicted molar refractivity (Wildman–Crippen MR) is 131 cm³/mol. The predicted octanol–water partition coefficient (Wildman–Crippen LogP) is 5.93. The van der Waals surface area contributed by atoms with Crippen LogP contribution in [0.4, 0.5) is 21.6 Å². The summed E-state index contributed by atoms with van der Waals surface area (Å²) in [5.41, 5.74) is 3.06. The van der Waals surface area contributed by atoms with E-state index in [-0.39, 0.29) is 18.5 Å². The van der Waals surface area contributed by atoms with Crippen molar-refractivity contribution in [1.82, 2.24) is 9.97 Å². The third-order valence-electron chi connectivity index (χ3n) is 5.16. The van der Waals surface area contributed by atoms with Crippen LogP contribution in [0.1, 0.15) is 12.5 Å². The number of fused-ring (bicyclic) bond motifs is 1. The monoisotopic (exact) mass is 477 g/mol. The van der Waals surface area contributed by atoms with Crippen LogP contribution in [0.2, 0.25) is 5.02 Å². The molecule has 9 heteroatoms. The van der Waals surface area contributed by atoms with Crippen LogP contribution in [0, 0.1) is 5.82 Å². The molecule has 1 aliphatic rings. The van der Waals surface area contributed by atoms with Crippen LogP contribution in [-0.4, -0.2) is 28.6 Å². The van der Waals surface area contributed by atoms with Crippen LogP contribution >= 0.6 is 11.6 Å². The van der Waals surface area contributed by atoms with Gasteiger partial charge in [0.25, 0.3) is 6.02 Å². The van der Waals surface area contributed by atoms with Crippen LogP contribution in [-0.2, 0) is 11.3 Å². The first-order valence-electron chi connectivity index (χ1n) is 10.7. The molecule has 7 nitrogen and oxygen atoms in total. The van der Waals surface area contributed by atoms with E-state index in [1.54, 1.807) is 24.3 Å². The van der Waals surface area contributed by atoms with Crippen LogP contribution in [0.25, 0.3) is 10.9 Å². The topological polar surface area (TPSA) is 80.7 Å². The standard InChI is InChI=1S/C25H21ClFN5O2/c1-15-12-34-25(30-15)32-18-5-7-22-20(10-18)24(29-14-28-22)31-19-6-8-23(21(26)11-19)33-13-16-3-2-4-17(27)9-16/h2-11,14-15H,12-13H2,1H3,(H,30,32)(H,28,29,31)/t15-/m0/s1. The van der Waals surface area contributed by atoms with E-state index >= 15 is 0 Å². The van der Waals surface area contributed by atoms with Crippen LogP contribution in [0.3, 0.4) is 0 Å². The van der Waals surface area contributed by atoms with Gasteiger partial charge in [-0.25, -0.2) is 19.4 Å². The highest BCUT2D eigenvalue weighted by molar-refractivity contribution is 6.32. The number of rotatable bonds is 6. The Bertz CT molecular complexity index is 1380. The summed E-state index contributed by atoms with van der Waals surface area (Å²) in [6.07, 6.45) is 1.50. The molecule has 3 aromatic carbocycles. The lowest BCUT2D eigenvalue weighted by Gasteiger charge is -2.13. The minimum atomic E-state index is -0.305. The number of ether oxygens (including phenoxy) is 2. The third-order valence-corrected chi connectivity index (χ3v) is 5.46. The van der Waals surface area contributed by atoms with Gasteiger partial charge in [0.15, 0.2) is 0 Å². The fourth-order valence-corrected chi connectivity index (χ4v) is 3.76. The molecule has 34 heavy (non-hydrogen) atoms. The number of nitrogens with one attached hydrogen (secondary N) is 2. The molecule has 172 valence electrons. The van der Waals surface area contributed by atoms with E-state index in [2.05, 4.69) is 25.6 Å². The second-order valence-electron chi connectivity index (χ2n) is 7.86. The Morgan fingerprint density at radius 3 is 2.71 bits per heavy atom. The summed E-state index contributed by atoms with van der Waals surface area (Å²) in [4.78, 5) is 13.2. The fraction of sp³-hybridized carbons (Fsp3) is 0.160. The Kier molecular flexibility index (Phi) is 6.14. The van der Waals surface area contributed by atoms with Crippen molar-refractivity contribution in [2.24, 2.45) is 4.99 Å². The van der Waals surface area contributed by atoms with Crippen molar-refractivity contribution in [3.05, 3.63) is 83.4 Å². The quantitative estimate of drug-likeness (QED) is 0.358. The fourth-order valence-electron chi connectivity index (χ4n) is 3.52. The summed E-state index contributed by atoms with van der Waals surface area (Å²) in [6, 6.07) is 18.0. The maximum atomic E-state index is 13.4. The van der Waals surface area contributed by atoms with E-state index in [4.69, 9.17) is 21.1 Å². The van der Waals surface area contributed by atoms with Crippen molar-refractivity contribution >= 4 is 45.7 Å². The second-order valence-corrected chi connectivity index (χ2v) is 8.27. The largest absolute Gasteiger partial charge is 0.487 e. The van der Waals surface area contributed by atoms with Gasteiger partial charge in [-0.1, -0.05) is 23.7 Å². The number of nitrogens with zero attached hydrogens (tertiary/aromatic N) is 3. The molecule has 0 bridgehead atoms. The lowest BCUT2D eigenvalue weighted by Crippen LogP contribution is -2.11. The van der Waals surface area contributed by atoms with Crippen LogP contribution in [0.5, 0.6) is 5.75 Å². The van der Waals surface area contributed by atoms with Crippen molar-refractivity contribution in [2.75, 3.05) is 17.2 Å². The molecule has 0 unspecified atom stereocenters. The molecule has 2 N–H and O–H groups in total. The van der Waals surface area contributed by atoms with Gasteiger partial charge in [0.05, 0.1) is 16.6 Å². The molecule has 1 aromatic heterocycles. The molecule has 0 aliphatic carbocycles. The zero-order valence-corrected chi connectivity index (χ0v) is 19.0.